The number of thioether (sulfide) groups is 2. The third-order valence-corrected chi connectivity index (χ3v) is 7.99. The summed E-state index contributed by atoms with van der Waals surface area (Å²) in [5.41, 5.74) is -1.09. The van der Waals surface area contributed by atoms with Gasteiger partial charge in [0.25, 0.3) is 11.0 Å². The molecule has 2 aliphatic heterocycles. The van der Waals surface area contributed by atoms with Gasteiger partial charge in [-0.25, -0.2) is 14.6 Å². The second kappa shape index (κ2) is 11.4. The van der Waals surface area contributed by atoms with Crippen molar-refractivity contribution in [3.63, 3.8) is 0 Å². The van der Waals surface area contributed by atoms with Gasteiger partial charge in [0, 0.05) is 11.1 Å². The molecule has 3 atom stereocenters. The van der Waals surface area contributed by atoms with Gasteiger partial charge in [-0.2, -0.15) is 11.8 Å². The van der Waals surface area contributed by atoms with E-state index in [1.54, 1.807) is 27.0 Å². The van der Waals surface area contributed by atoms with E-state index in [-0.39, 0.29) is 21.8 Å². The van der Waals surface area contributed by atoms with Gasteiger partial charge < -0.3 is 30.1 Å². The number of anilines is 1. The molecule has 0 aromatic carbocycles. The first-order valence-electron chi connectivity index (χ1n) is 10.4. The van der Waals surface area contributed by atoms with Crippen molar-refractivity contribution in [1.82, 2.24) is 10.3 Å². The van der Waals surface area contributed by atoms with Crippen LogP contribution in [0, 0.1) is 0 Å². The molecule has 0 spiro atoms. The number of carbonyl (C=O) groups is 5. The normalized spacial score (nSPS) is 21.7. The molecule has 3 amide bonds. The maximum atomic E-state index is 13.1. The van der Waals surface area contributed by atoms with Crippen molar-refractivity contribution >= 4 is 80.9 Å². The largest absolute Gasteiger partial charge is 0.543 e. The molecule has 194 valence electrons. The first-order chi connectivity index (χ1) is 17.0. The van der Waals surface area contributed by atoms with Crippen molar-refractivity contribution in [2.75, 3.05) is 23.9 Å². The minimum Gasteiger partial charge on any atom is -0.543 e. The summed E-state index contributed by atoms with van der Waals surface area (Å²) in [5.74, 6) is -3.14. The van der Waals surface area contributed by atoms with E-state index in [9.17, 15) is 29.1 Å². The van der Waals surface area contributed by atoms with Gasteiger partial charge in [-0.3, -0.25) is 9.59 Å². The van der Waals surface area contributed by atoms with Gasteiger partial charge >= 0.3 is 11.9 Å². The lowest BCUT2D eigenvalue weighted by molar-refractivity contribution is -0.507. The summed E-state index contributed by atoms with van der Waals surface area (Å²) in [5, 5.41) is 21.9. The molecule has 0 radical (unpaired) electrons. The zero-order valence-electron chi connectivity index (χ0n) is 19.6. The highest BCUT2D eigenvalue weighted by Gasteiger charge is 2.59. The fourth-order valence-corrected chi connectivity index (χ4v) is 6.36. The van der Waals surface area contributed by atoms with Crippen LogP contribution in [0.4, 0.5) is 5.13 Å². The highest BCUT2D eigenvalue weighted by molar-refractivity contribution is 8.15. The van der Waals surface area contributed by atoms with Crippen molar-refractivity contribution in [3.05, 3.63) is 11.1 Å². The molecule has 0 saturated heterocycles. The van der Waals surface area contributed by atoms with E-state index < -0.39 is 48.0 Å². The molecule has 0 aliphatic carbocycles. The van der Waals surface area contributed by atoms with Crippen molar-refractivity contribution in [2.24, 2.45) is 5.16 Å². The van der Waals surface area contributed by atoms with Gasteiger partial charge in [-0.15, -0.1) is 15.9 Å². The van der Waals surface area contributed by atoms with Crippen LogP contribution in [0.3, 0.4) is 0 Å². The Morgan fingerprint density at radius 2 is 2.11 bits per heavy atom. The number of hydrogen-bond acceptors (Lipinski definition) is 13. The number of thiazole rings is 1. The fourth-order valence-electron chi connectivity index (χ4n) is 3.28. The number of aromatic nitrogens is 1. The molecule has 3 heterocycles. The second-order valence-corrected chi connectivity index (χ2v) is 11.4. The maximum Gasteiger partial charge on any atom is 0.422 e. The lowest BCUT2D eigenvalue weighted by atomic mass is 10.1. The number of ether oxygens (including phenoxy) is 1. The Morgan fingerprint density at radius 1 is 1.39 bits per heavy atom. The summed E-state index contributed by atoms with van der Waals surface area (Å²) in [4.78, 5) is 69.2. The number of carboxylic acid groups (broad SMARTS) is 1. The topological polar surface area (TPSA) is 179 Å². The molecular formula is C20H23N5O8S3. The van der Waals surface area contributed by atoms with Crippen LogP contribution in [0.5, 0.6) is 0 Å². The summed E-state index contributed by atoms with van der Waals surface area (Å²) >= 11 is 3.59. The van der Waals surface area contributed by atoms with Crippen LogP contribution in [0.15, 0.2) is 10.5 Å². The molecule has 13 nitrogen and oxygen atoms in total. The summed E-state index contributed by atoms with van der Waals surface area (Å²) < 4.78 is 6.25. The number of amides is 3. The number of nitrogens with zero attached hydrogens (tertiary/aromatic N) is 3. The van der Waals surface area contributed by atoms with E-state index >= 15 is 0 Å². The van der Waals surface area contributed by atoms with Gasteiger partial charge in [0.15, 0.2) is 10.8 Å². The Kier molecular flexibility index (Phi) is 8.73. The van der Waals surface area contributed by atoms with Crippen molar-refractivity contribution in [1.29, 1.82) is 0 Å². The Balaban J connectivity index is 1.80. The molecule has 0 saturated carbocycles. The number of nitrogens with one attached hydrogen (secondary N) is 2. The van der Waals surface area contributed by atoms with Crippen LogP contribution in [0.25, 0.3) is 0 Å². The molecule has 36 heavy (non-hydrogen) atoms. The highest BCUT2D eigenvalue weighted by Crippen LogP contribution is 2.32. The predicted molar refractivity (Wildman–Crippen MR) is 131 cm³/mol. The van der Waals surface area contributed by atoms with Gasteiger partial charge in [0.05, 0.1) is 5.25 Å². The number of carboxylic acids is 1. The quantitative estimate of drug-likeness (QED) is 0.116. The first-order valence-corrected chi connectivity index (χ1v) is 13.6. The number of rotatable bonds is 10. The number of carbonyl (C=O) groups excluding carboxylic acids is 5. The summed E-state index contributed by atoms with van der Waals surface area (Å²) in [7, 11) is 0. The smallest absolute Gasteiger partial charge is 0.422 e. The summed E-state index contributed by atoms with van der Waals surface area (Å²) in [6, 6.07) is -2.23. The van der Waals surface area contributed by atoms with Crippen LogP contribution >= 0.6 is 34.9 Å². The van der Waals surface area contributed by atoms with Crippen molar-refractivity contribution < 1.29 is 43.2 Å². The van der Waals surface area contributed by atoms with Gasteiger partial charge in [0.2, 0.25) is 25.1 Å². The monoisotopic (exact) mass is 557 g/mol. The van der Waals surface area contributed by atoms with E-state index in [2.05, 4.69) is 20.8 Å². The van der Waals surface area contributed by atoms with E-state index in [4.69, 9.17) is 9.57 Å². The third-order valence-electron chi connectivity index (χ3n) is 4.72. The van der Waals surface area contributed by atoms with Crippen LogP contribution < -0.4 is 15.7 Å². The molecule has 3 rings (SSSR count). The fraction of sp³-hybridized carbons (Fsp3) is 0.500. The summed E-state index contributed by atoms with van der Waals surface area (Å²) in [6.45, 7) is 4.44. The molecular weight excluding hydrogens is 534 g/mol. The SMILES string of the molecule is CSC1CSC2=[N+](C(=O)C2NC(=O)C(=NOCC(=O)OC(C)(C)C)c2csc(NC=O)n2)C1C(=O)[O-]. The average molecular weight is 558 g/mol. The Morgan fingerprint density at radius 3 is 2.72 bits per heavy atom. The maximum absolute atomic E-state index is 13.1. The average Bonchev–Trinajstić information content (AvgIpc) is 3.26. The molecule has 2 aliphatic rings. The lowest BCUT2D eigenvalue weighted by Gasteiger charge is -2.35. The van der Waals surface area contributed by atoms with Crippen LogP contribution in [0.2, 0.25) is 0 Å². The third kappa shape index (κ3) is 6.22. The van der Waals surface area contributed by atoms with E-state index in [0.717, 1.165) is 15.9 Å². The van der Waals surface area contributed by atoms with E-state index in [1.807, 2.05) is 0 Å². The van der Waals surface area contributed by atoms with Crippen molar-refractivity contribution in [2.45, 2.75) is 43.7 Å². The number of oxime groups is 1. The molecule has 16 heteroatoms. The molecule has 0 bridgehead atoms. The van der Waals surface area contributed by atoms with Crippen LogP contribution in [-0.2, 0) is 33.5 Å². The minimum absolute atomic E-state index is 0.0195. The molecule has 3 unspecified atom stereocenters. The van der Waals surface area contributed by atoms with Gasteiger partial charge in [-0.05, 0) is 27.0 Å². The first kappa shape index (κ1) is 27.6. The minimum atomic E-state index is -1.37. The van der Waals surface area contributed by atoms with Gasteiger partial charge in [-0.1, -0.05) is 16.9 Å². The second-order valence-electron chi connectivity index (χ2n) is 8.40. The molecule has 1 aromatic heterocycles. The molecule has 0 fully saturated rings. The predicted octanol–water partition coefficient (Wildman–Crippen LogP) is -1.19. The number of hydrogen-bond donors (Lipinski definition) is 2. The van der Waals surface area contributed by atoms with E-state index in [1.165, 1.54) is 28.9 Å². The highest BCUT2D eigenvalue weighted by atomic mass is 32.2. The zero-order chi connectivity index (χ0) is 26.6. The zero-order valence-corrected chi connectivity index (χ0v) is 22.1. The van der Waals surface area contributed by atoms with Crippen LogP contribution in [-0.4, -0.2) is 92.0 Å². The number of aliphatic carboxylic acids is 1. The number of esters is 1. The lowest BCUT2D eigenvalue weighted by Crippen LogP contribution is -2.70. The molecule has 1 aromatic rings. The Hall–Kier alpha value is -2.98. The van der Waals surface area contributed by atoms with Gasteiger partial charge in [0.1, 0.15) is 17.3 Å². The van der Waals surface area contributed by atoms with Crippen LogP contribution in [0.1, 0.15) is 26.5 Å². The van der Waals surface area contributed by atoms with E-state index in [0.29, 0.717) is 17.2 Å². The Bertz CT molecular complexity index is 1140. The Labute approximate surface area is 218 Å². The molecule has 2 N–H and O–H groups in total. The summed E-state index contributed by atoms with van der Waals surface area (Å²) in [6.07, 6.45) is 2.16. The van der Waals surface area contributed by atoms with Crippen molar-refractivity contribution in [3.8, 4) is 0 Å². The standard InChI is InChI=1S/C20H23N5O8S3/c1-20(2,3)33-11(27)5-32-24-12(9-6-36-19(22-9)21-8-26)15(28)23-13-16(29)25-14(18(30)31)10(34-4)7-35-17(13)25/h6,8,10,13-14H,5,7H2,1-4H3,(H2-,21,22,23,26,28,30,31).